The molecule has 128 valence electrons. The molecule has 0 aliphatic heterocycles. The molecule has 7 nitrogen and oxygen atoms in total. The van der Waals surface area contributed by atoms with E-state index in [0.29, 0.717) is 23.9 Å². The van der Waals surface area contributed by atoms with Crippen LogP contribution in [0.5, 0.6) is 5.75 Å². The van der Waals surface area contributed by atoms with E-state index >= 15 is 0 Å². The average Bonchev–Trinajstić information content (AvgIpc) is 3.14. The van der Waals surface area contributed by atoms with Gasteiger partial charge < -0.3 is 19.8 Å². The van der Waals surface area contributed by atoms with E-state index < -0.39 is 0 Å². The van der Waals surface area contributed by atoms with Gasteiger partial charge in [0.15, 0.2) is 0 Å². The Morgan fingerprint density at radius 1 is 1.24 bits per heavy atom. The number of aryl methyl sites for hydroxylation is 1. The number of anilines is 2. The number of furan rings is 1. The van der Waals surface area contributed by atoms with Crippen LogP contribution in [0.15, 0.2) is 53.4 Å². The Kier molecular flexibility index (Phi) is 4.94. The minimum atomic E-state index is -0.307. The summed E-state index contributed by atoms with van der Waals surface area (Å²) >= 11 is 0. The molecule has 0 aliphatic carbocycles. The molecule has 0 bridgehead atoms. The fraction of sp³-hybridized carbons (Fsp3) is 0.167. The Morgan fingerprint density at radius 2 is 2.12 bits per heavy atom. The van der Waals surface area contributed by atoms with Gasteiger partial charge in [0.05, 0.1) is 25.6 Å². The normalized spacial score (nSPS) is 10.3. The fourth-order valence-corrected chi connectivity index (χ4v) is 2.28. The Morgan fingerprint density at radius 3 is 2.88 bits per heavy atom. The molecule has 3 rings (SSSR count). The van der Waals surface area contributed by atoms with Crippen LogP contribution in [-0.4, -0.2) is 23.0 Å². The molecule has 0 unspecified atom stereocenters. The first-order chi connectivity index (χ1) is 12.2. The van der Waals surface area contributed by atoms with Crippen molar-refractivity contribution in [1.29, 1.82) is 0 Å². The van der Waals surface area contributed by atoms with Gasteiger partial charge in [-0.25, -0.2) is 9.97 Å². The van der Waals surface area contributed by atoms with E-state index in [0.717, 1.165) is 11.3 Å². The summed E-state index contributed by atoms with van der Waals surface area (Å²) in [6.07, 6.45) is 2.90. The lowest BCUT2D eigenvalue weighted by atomic mass is 10.2. The second kappa shape index (κ2) is 7.48. The molecule has 0 spiro atoms. The van der Waals surface area contributed by atoms with Gasteiger partial charge in [-0.05, 0) is 36.8 Å². The van der Waals surface area contributed by atoms with Crippen LogP contribution >= 0.6 is 0 Å². The molecular formula is C18H18N4O3. The minimum Gasteiger partial charge on any atom is -0.495 e. The van der Waals surface area contributed by atoms with Crippen LogP contribution in [0, 0.1) is 6.92 Å². The van der Waals surface area contributed by atoms with Crippen molar-refractivity contribution in [1.82, 2.24) is 15.3 Å². The van der Waals surface area contributed by atoms with Crippen molar-refractivity contribution in [3.63, 3.8) is 0 Å². The van der Waals surface area contributed by atoms with E-state index in [2.05, 4.69) is 20.6 Å². The topological polar surface area (TPSA) is 89.3 Å². The Bertz CT molecular complexity index is 863. The van der Waals surface area contributed by atoms with Crippen LogP contribution in [0.25, 0.3) is 0 Å². The first kappa shape index (κ1) is 16.5. The summed E-state index contributed by atoms with van der Waals surface area (Å²) in [6, 6.07) is 10.9. The highest BCUT2D eigenvalue weighted by Crippen LogP contribution is 2.27. The lowest BCUT2D eigenvalue weighted by Crippen LogP contribution is -2.23. The number of carbonyl (C=O) groups excluding carboxylic acids is 1. The molecule has 0 fully saturated rings. The van der Waals surface area contributed by atoms with Crippen molar-refractivity contribution in [3.05, 3.63) is 66.0 Å². The first-order valence-corrected chi connectivity index (χ1v) is 7.70. The van der Waals surface area contributed by atoms with E-state index in [9.17, 15) is 4.79 Å². The number of hydrogen-bond acceptors (Lipinski definition) is 6. The molecule has 2 heterocycles. The molecule has 7 heteroatoms. The molecule has 0 radical (unpaired) electrons. The largest absolute Gasteiger partial charge is 0.495 e. The summed E-state index contributed by atoms with van der Waals surface area (Å²) in [4.78, 5) is 20.4. The summed E-state index contributed by atoms with van der Waals surface area (Å²) in [5, 5.41) is 5.90. The summed E-state index contributed by atoms with van der Waals surface area (Å²) in [5.41, 5.74) is 2.10. The summed E-state index contributed by atoms with van der Waals surface area (Å²) in [5.74, 6) is 1.55. The van der Waals surface area contributed by atoms with E-state index in [-0.39, 0.29) is 11.6 Å². The van der Waals surface area contributed by atoms with Gasteiger partial charge in [0.1, 0.15) is 29.3 Å². The summed E-state index contributed by atoms with van der Waals surface area (Å²) < 4.78 is 10.5. The third-order valence-corrected chi connectivity index (χ3v) is 3.52. The van der Waals surface area contributed by atoms with Gasteiger partial charge in [0.2, 0.25) is 0 Å². The number of benzene rings is 1. The maximum atomic E-state index is 12.2. The molecule has 0 atom stereocenters. The van der Waals surface area contributed by atoms with Crippen molar-refractivity contribution in [3.8, 4) is 5.75 Å². The Labute approximate surface area is 145 Å². The van der Waals surface area contributed by atoms with Crippen molar-refractivity contribution >= 4 is 17.4 Å². The van der Waals surface area contributed by atoms with Gasteiger partial charge in [0.25, 0.3) is 5.91 Å². The number of carbonyl (C=O) groups is 1. The highest BCUT2D eigenvalue weighted by Gasteiger charge is 2.11. The third-order valence-electron chi connectivity index (χ3n) is 3.52. The number of nitrogens with one attached hydrogen (secondary N) is 2. The molecule has 1 amide bonds. The lowest BCUT2D eigenvalue weighted by Gasteiger charge is -2.12. The monoisotopic (exact) mass is 338 g/mol. The van der Waals surface area contributed by atoms with Crippen molar-refractivity contribution in [2.24, 2.45) is 0 Å². The van der Waals surface area contributed by atoms with Crippen LogP contribution in [-0.2, 0) is 6.54 Å². The Balaban J connectivity index is 1.73. The van der Waals surface area contributed by atoms with Gasteiger partial charge in [-0.3, -0.25) is 4.79 Å². The number of methoxy groups -OCH3 is 1. The van der Waals surface area contributed by atoms with E-state index in [4.69, 9.17) is 9.15 Å². The predicted molar refractivity (Wildman–Crippen MR) is 92.9 cm³/mol. The van der Waals surface area contributed by atoms with Crippen LogP contribution < -0.4 is 15.4 Å². The SMILES string of the molecule is COc1ccc(C)cc1Nc1cc(C(=O)NCc2ccco2)ncn1. The molecule has 25 heavy (non-hydrogen) atoms. The molecule has 2 N–H and O–H groups in total. The van der Waals surface area contributed by atoms with E-state index in [1.807, 2.05) is 25.1 Å². The molecule has 1 aromatic carbocycles. The van der Waals surface area contributed by atoms with E-state index in [1.54, 1.807) is 31.6 Å². The first-order valence-electron chi connectivity index (χ1n) is 7.70. The predicted octanol–water partition coefficient (Wildman–Crippen LogP) is 3.06. The maximum absolute atomic E-state index is 12.2. The zero-order valence-corrected chi connectivity index (χ0v) is 13.9. The quantitative estimate of drug-likeness (QED) is 0.718. The van der Waals surface area contributed by atoms with E-state index in [1.165, 1.54) is 6.33 Å². The number of amides is 1. The molecule has 2 aromatic heterocycles. The van der Waals surface area contributed by atoms with Gasteiger partial charge >= 0.3 is 0 Å². The molecule has 0 aliphatic rings. The minimum absolute atomic E-state index is 0.260. The Hall–Kier alpha value is -3.35. The number of ether oxygens (including phenoxy) is 1. The van der Waals surface area contributed by atoms with Crippen LogP contribution in [0.1, 0.15) is 21.8 Å². The fourth-order valence-electron chi connectivity index (χ4n) is 2.28. The lowest BCUT2D eigenvalue weighted by molar-refractivity contribution is 0.0943. The summed E-state index contributed by atoms with van der Waals surface area (Å²) in [7, 11) is 1.60. The van der Waals surface area contributed by atoms with Gasteiger partial charge in [-0.15, -0.1) is 0 Å². The number of aromatic nitrogens is 2. The smallest absolute Gasteiger partial charge is 0.270 e. The standard InChI is InChI=1S/C18H18N4O3/c1-12-5-6-16(24-2)14(8-12)22-17-9-15(20-11-21-17)18(23)19-10-13-4-3-7-25-13/h3-9,11H,10H2,1-2H3,(H,19,23)(H,20,21,22). The third kappa shape index (κ3) is 4.14. The zero-order chi connectivity index (χ0) is 17.6. The van der Waals surface area contributed by atoms with Gasteiger partial charge in [-0.1, -0.05) is 6.07 Å². The average molecular weight is 338 g/mol. The highest BCUT2D eigenvalue weighted by molar-refractivity contribution is 5.92. The second-order valence-electron chi connectivity index (χ2n) is 5.38. The molecule has 0 saturated heterocycles. The molecule has 0 saturated carbocycles. The van der Waals surface area contributed by atoms with Crippen LogP contribution in [0.4, 0.5) is 11.5 Å². The number of nitrogens with zero attached hydrogens (tertiary/aromatic N) is 2. The number of rotatable bonds is 6. The van der Waals surface area contributed by atoms with Crippen molar-refractivity contribution < 1.29 is 13.9 Å². The van der Waals surface area contributed by atoms with Crippen LogP contribution in [0.3, 0.4) is 0 Å². The highest BCUT2D eigenvalue weighted by atomic mass is 16.5. The van der Waals surface area contributed by atoms with Crippen molar-refractivity contribution in [2.45, 2.75) is 13.5 Å². The molecule has 3 aromatic rings. The van der Waals surface area contributed by atoms with Crippen molar-refractivity contribution in [2.75, 3.05) is 12.4 Å². The van der Waals surface area contributed by atoms with Gasteiger partial charge in [0, 0.05) is 6.07 Å². The summed E-state index contributed by atoms with van der Waals surface area (Å²) in [6.45, 7) is 2.28. The second-order valence-corrected chi connectivity index (χ2v) is 5.38. The van der Waals surface area contributed by atoms with Gasteiger partial charge in [-0.2, -0.15) is 0 Å². The van der Waals surface area contributed by atoms with Crippen LogP contribution in [0.2, 0.25) is 0 Å². The zero-order valence-electron chi connectivity index (χ0n) is 13.9. The number of hydrogen-bond donors (Lipinski definition) is 2. The maximum Gasteiger partial charge on any atom is 0.270 e. The molecular weight excluding hydrogens is 320 g/mol.